The van der Waals surface area contributed by atoms with Gasteiger partial charge in [0.15, 0.2) is 5.78 Å². The largest absolute Gasteiger partial charge is 0.372 e. The molecule has 3 aromatic rings. The highest BCUT2D eigenvalue weighted by Gasteiger charge is 2.38. The highest BCUT2D eigenvalue weighted by atomic mass is 16.6. The van der Waals surface area contributed by atoms with Crippen LogP contribution in [0, 0.1) is 17.0 Å². The molecule has 0 aromatic heterocycles. The van der Waals surface area contributed by atoms with Crippen LogP contribution in [0.5, 0.6) is 0 Å². The van der Waals surface area contributed by atoms with Gasteiger partial charge in [-0.25, -0.2) is 0 Å². The molecule has 5 rings (SSSR count). The molecule has 1 aliphatic heterocycles. The van der Waals surface area contributed by atoms with Crippen molar-refractivity contribution < 1.29 is 9.72 Å². The summed E-state index contributed by atoms with van der Waals surface area (Å²) < 4.78 is 0. The third-order valence-electron chi connectivity index (χ3n) is 6.30. The number of aryl methyl sites for hydroxylation is 1. The lowest BCUT2D eigenvalue weighted by atomic mass is 9.78. The summed E-state index contributed by atoms with van der Waals surface area (Å²) in [7, 11) is 0. The van der Waals surface area contributed by atoms with E-state index in [0.717, 1.165) is 22.6 Å². The first-order valence-electron chi connectivity index (χ1n) is 10.7. The number of allylic oxidation sites excluding steroid dienone is 1. The van der Waals surface area contributed by atoms with Gasteiger partial charge in [-0.15, -0.1) is 0 Å². The predicted octanol–water partition coefficient (Wildman–Crippen LogP) is 5.88. The van der Waals surface area contributed by atoms with Crippen LogP contribution in [-0.2, 0) is 4.79 Å². The van der Waals surface area contributed by atoms with Crippen LogP contribution in [0.25, 0.3) is 0 Å². The molecule has 2 aliphatic rings. The first-order chi connectivity index (χ1) is 15.5. The molecule has 0 saturated heterocycles. The van der Waals surface area contributed by atoms with E-state index in [1.54, 1.807) is 18.2 Å². The molecule has 0 saturated carbocycles. The van der Waals surface area contributed by atoms with Gasteiger partial charge in [-0.2, -0.15) is 0 Å². The van der Waals surface area contributed by atoms with Crippen LogP contribution in [0.4, 0.5) is 17.1 Å². The number of nitro benzene ring substituents is 1. The molecule has 160 valence electrons. The Hall–Kier alpha value is -3.93. The summed E-state index contributed by atoms with van der Waals surface area (Å²) >= 11 is 0. The number of para-hydroxylation sites is 3. The Kier molecular flexibility index (Phi) is 4.98. The van der Waals surface area contributed by atoms with Gasteiger partial charge in [0.25, 0.3) is 5.69 Å². The lowest BCUT2D eigenvalue weighted by Crippen LogP contribution is -2.27. The number of carbonyl (C=O) groups is 1. The lowest BCUT2D eigenvalue weighted by Gasteiger charge is -2.29. The van der Waals surface area contributed by atoms with Crippen molar-refractivity contribution in [2.24, 2.45) is 0 Å². The Bertz CT molecular complexity index is 1250. The van der Waals surface area contributed by atoms with E-state index in [4.69, 9.17) is 0 Å². The quantitative estimate of drug-likeness (QED) is 0.404. The zero-order chi connectivity index (χ0) is 22.2. The van der Waals surface area contributed by atoms with Crippen molar-refractivity contribution in [1.82, 2.24) is 0 Å². The Morgan fingerprint density at radius 2 is 1.59 bits per heavy atom. The van der Waals surface area contributed by atoms with Gasteiger partial charge in [0.05, 0.1) is 27.9 Å². The molecule has 1 aliphatic carbocycles. The predicted molar refractivity (Wildman–Crippen MR) is 125 cm³/mol. The molecule has 6 nitrogen and oxygen atoms in total. The number of hydrogen-bond acceptors (Lipinski definition) is 5. The van der Waals surface area contributed by atoms with Crippen molar-refractivity contribution in [1.29, 1.82) is 0 Å². The summed E-state index contributed by atoms with van der Waals surface area (Å²) in [4.78, 5) is 24.9. The number of nitrogens with zero attached hydrogens (tertiary/aromatic N) is 1. The summed E-state index contributed by atoms with van der Waals surface area (Å²) in [6.45, 7) is 2.04. The van der Waals surface area contributed by atoms with Crippen molar-refractivity contribution in [3.8, 4) is 0 Å². The molecule has 32 heavy (non-hydrogen) atoms. The maximum Gasteiger partial charge on any atom is 0.275 e. The minimum absolute atomic E-state index is 0.00434. The van der Waals surface area contributed by atoms with Gasteiger partial charge in [-0.3, -0.25) is 14.9 Å². The van der Waals surface area contributed by atoms with Crippen LogP contribution in [0.1, 0.15) is 41.5 Å². The van der Waals surface area contributed by atoms with Crippen LogP contribution in [0.3, 0.4) is 0 Å². The van der Waals surface area contributed by atoms with Gasteiger partial charge < -0.3 is 10.6 Å². The average molecular weight is 425 g/mol. The molecule has 1 heterocycles. The van der Waals surface area contributed by atoms with E-state index in [0.29, 0.717) is 24.0 Å². The van der Waals surface area contributed by atoms with Gasteiger partial charge in [0.2, 0.25) is 0 Å². The van der Waals surface area contributed by atoms with E-state index >= 15 is 0 Å². The van der Waals surface area contributed by atoms with Crippen LogP contribution in [-0.4, -0.2) is 10.7 Å². The summed E-state index contributed by atoms with van der Waals surface area (Å²) in [6.07, 6.45) is 1.04. The summed E-state index contributed by atoms with van der Waals surface area (Å²) in [5.74, 6) is 0.0683. The fraction of sp³-hybridized carbons (Fsp3) is 0.192. The Balaban J connectivity index is 1.64. The molecule has 6 heteroatoms. The van der Waals surface area contributed by atoms with Crippen molar-refractivity contribution >= 4 is 22.8 Å². The smallest absolute Gasteiger partial charge is 0.275 e. The molecule has 0 fully saturated rings. The number of nitro groups is 1. The Morgan fingerprint density at radius 3 is 2.34 bits per heavy atom. The fourth-order valence-electron chi connectivity index (χ4n) is 4.70. The number of rotatable bonds is 3. The first-order valence-corrected chi connectivity index (χ1v) is 10.7. The molecule has 2 atom stereocenters. The molecule has 0 spiro atoms. The van der Waals surface area contributed by atoms with Crippen LogP contribution < -0.4 is 10.6 Å². The number of ketones is 1. The minimum Gasteiger partial charge on any atom is -0.372 e. The molecule has 0 bridgehead atoms. The van der Waals surface area contributed by atoms with E-state index in [1.807, 2.05) is 31.2 Å². The number of fused-ring (bicyclic) bond motifs is 1. The summed E-state index contributed by atoms with van der Waals surface area (Å²) in [5, 5.41) is 18.7. The number of nitrogens with one attached hydrogen (secondary N) is 2. The molecular formula is C26H23N3O3. The second-order valence-corrected chi connectivity index (χ2v) is 8.40. The maximum absolute atomic E-state index is 13.5. The molecule has 0 unspecified atom stereocenters. The molecule has 3 aromatic carbocycles. The molecule has 2 N–H and O–H groups in total. The van der Waals surface area contributed by atoms with Crippen LogP contribution in [0.2, 0.25) is 0 Å². The van der Waals surface area contributed by atoms with Crippen molar-refractivity contribution in [3.05, 3.63) is 111 Å². The van der Waals surface area contributed by atoms with Gasteiger partial charge in [-0.05, 0) is 43.0 Å². The molecule has 0 radical (unpaired) electrons. The minimum atomic E-state index is -0.603. The SMILES string of the molecule is Cc1ccc([C@H]2CC(=O)C3=C(C2)Nc2ccccc2N[C@H]3c2ccccc2[N+](=O)[O-])cc1. The van der Waals surface area contributed by atoms with E-state index in [1.165, 1.54) is 11.6 Å². The second kappa shape index (κ2) is 7.96. The van der Waals surface area contributed by atoms with E-state index in [2.05, 4.69) is 34.9 Å². The molecule has 0 amide bonds. The zero-order valence-corrected chi connectivity index (χ0v) is 17.7. The number of benzene rings is 3. The van der Waals surface area contributed by atoms with Gasteiger partial charge in [0.1, 0.15) is 0 Å². The third kappa shape index (κ3) is 3.54. The number of Topliss-reactive ketones (excluding diaryl/α,β-unsaturated/α-hetero) is 1. The monoisotopic (exact) mass is 425 g/mol. The highest BCUT2D eigenvalue weighted by Crippen LogP contribution is 2.45. The number of anilines is 2. The second-order valence-electron chi connectivity index (χ2n) is 8.40. The fourth-order valence-corrected chi connectivity index (χ4v) is 4.70. The van der Waals surface area contributed by atoms with Crippen molar-refractivity contribution in [2.45, 2.75) is 31.7 Å². The van der Waals surface area contributed by atoms with Crippen molar-refractivity contribution in [3.63, 3.8) is 0 Å². The van der Waals surface area contributed by atoms with Gasteiger partial charge in [0, 0.05) is 23.8 Å². The van der Waals surface area contributed by atoms with Crippen molar-refractivity contribution in [2.75, 3.05) is 10.6 Å². The van der Waals surface area contributed by atoms with E-state index < -0.39 is 6.04 Å². The van der Waals surface area contributed by atoms with Crippen LogP contribution in [0.15, 0.2) is 84.1 Å². The Labute approximate surface area is 186 Å². The third-order valence-corrected chi connectivity index (χ3v) is 6.30. The average Bonchev–Trinajstić information content (AvgIpc) is 2.96. The standard InChI is InChI=1S/C26H23N3O3/c1-16-10-12-17(13-11-16)18-14-22-25(24(30)15-18)26(19-6-2-5-9-23(19)29(31)32)28-21-8-4-3-7-20(21)27-22/h2-13,18,26-28H,14-15H2,1H3/t18-,26+/m1/s1. The number of carbonyl (C=O) groups excluding carboxylic acids is 1. The van der Waals surface area contributed by atoms with E-state index in [9.17, 15) is 14.9 Å². The van der Waals surface area contributed by atoms with Gasteiger partial charge >= 0.3 is 0 Å². The topological polar surface area (TPSA) is 84.3 Å². The van der Waals surface area contributed by atoms with Gasteiger partial charge in [-0.1, -0.05) is 54.1 Å². The zero-order valence-electron chi connectivity index (χ0n) is 17.7. The summed E-state index contributed by atoms with van der Waals surface area (Å²) in [5.41, 5.74) is 5.88. The number of hydrogen-bond donors (Lipinski definition) is 2. The lowest BCUT2D eigenvalue weighted by molar-refractivity contribution is -0.385. The van der Waals surface area contributed by atoms with Crippen LogP contribution >= 0.6 is 0 Å². The first kappa shape index (κ1) is 20.0. The maximum atomic E-state index is 13.5. The normalized spacial score (nSPS) is 19.8. The summed E-state index contributed by atoms with van der Waals surface area (Å²) in [6, 6.07) is 22.1. The highest BCUT2D eigenvalue weighted by molar-refractivity contribution is 6.01. The Morgan fingerprint density at radius 1 is 0.906 bits per heavy atom. The molecular weight excluding hydrogens is 402 g/mol. The van der Waals surface area contributed by atoms with E-state index in [-0.39, 0.29) is 22.3 Å².